The zero-order valence-electron chi connectivity index (χ0n) is 9.72. The van der Waals surface area contributed by atoms with E-state index in [4.69, 9.17) is 10.5 Å². The van der Waals surface area contributed by atoms with E-state index in [-0.39, 0.29) is 11.9 Å². The average Bonchev–Trinajstić information content (AvgIpc) is 2.61. The molecule has 1 aromatic heterocycles. The Bertz CT molecular complexity index is 505. The molecule has 4 nitrogen and oxygen atoms in total. The predicted molar refractivity (Wildman–Crippen MR) is 63.7 cm³/mol. The van der Waals surface area contributed by atoms with E-state index >= 15 is 0 Å². The minimum Gasteiger partial charge on any atom is -0.473 e. The number of benzene rings is 1. The van der Waals surface area contributed by atoms with Gasteiger partial charge in [0.05, 0.1) is 18.0 Å². The van der Waals surface area contributed by atoms with Crippen molar-refractivity contribution in [3.63, 3.8) is 0 Å². The molecule has 0 aliphatic heterocycles. The summed E-state index contributed by atoms with van der Waals surface area (Å²) in [5, 5.41) is 4.11. The number of nitrogens with zero attached hydrogens (tertiary/aromatic N) is 2. The van der Waals surface area contributed by atoms with E-state index in [1.165, 1.54) is 18.3 Å². The van der Waals surface area contributed by atoms with Crippen molar-refractivity contribution >= 4 is 5.69 Å². The summed E-state index contributed by atoms with van der Waals surface area (Å²) < 4.78 is 20.0. The van der Waals surface area contributed by atoms with Crippen molar-refractivity contribution in [2.45, 2.75) is 20.0 Å². The van der Waals surface area contributed by atoms with Crippen LogP contribution in [0.4, 0.5) is 10.1 Å². The first-order chi connectivity index (χ1) is 8.08. The van der Waals surface area contributed by atoms with Gasteiger partial charge in [-0.1, -0.05) is 0 Å². The van der Waals surface area contributed by atoms with Crippen LogP contribution in [0.2, 0.25) is 0 Å². The minimum absolute atomic E-state index is 0.00630. The van der Waals surface area contributed by atoms with Gasteiger partial charge in [-0.15, -0.1) is 0 Å². The van der Waals surface area contributed by atoms with E-state index in [0.717, 1.165) is 0 Å². The van der Waals surface area contributed by atoms with E-state index in [1.54, 1.807) is 16.8 Å². The van der Waals surface area contributed by atoms with Crippen molar-refractivity contribution in [3.05, 3.63) is 36.3 Å². The number of hydrogen-bond acceptors (Lipinski definition) is 3. The van der Waals surface area contributed by atoms with E-state index < -0.39 is 0 Å². The summed E-state index contributed by atoms with van der Waals surface area (Å²) in [6, 6.07) is 5.97. The molecule has 0 spiro atoms. The van der Waals surface area contributed by atoms with Gasteiger partial charge in [-0.3, -0.25) is 0 Å². The lowest BCUT2D eigenvalue weighted by molar-refractivity contribution is 0.227. The molecule has 0 amide bonds. The molecule has 0 saturated heterocycles. The Morgan fingerprint density at radius 3 is 2.53 bits per heavy atom. The third-order valence-corrected chi connectivity index (χ3v) is 2.17. The SMILES string of the molecule is CC(C)Oc1c(N)cnn1-c1ccc(F)cc1. The number of aromatic nitrogens is 2. The lowest BCUT2D eigenvalue weighted by atomic mass is 10.3. The quantitative estimate of drug-likeness (QED) is 0.888. The second kappa shape index (κ2) is 4.45. The van der Waals surface area contributed by atoms with E-state index in [2.05, 4.69) is 5.10 Å². The lowest BCUT2D eigenvalue weighted by Crippen LogP contribution is -2.11. The normalized spacial score (nSPS) is 10.8. The van der Waals surface area contributed by atoms with Crippen molar-refractivity contribution in [2.75, 3.05) is 5.73 Å². The molecule has 1 aromatic carbocycles. The van der Waals surface area contributed by atoms with Gasteiger partial charge >= 0.3 is 0 Å². The summed E-state index contributed by atoms with van der Waals surface area (Å²) in [4.78, 5) is 0. The van der Waals surface area contributed by atoms with Gasteiger partial charge in [0.2, 0.25) is 5.88 Å². The molecule has 0 atom stereocenters. The molecule has 0 saturated carbocycles. The van der Waals surface area contributed by atoms with Crippen LogP contribution in [0, 0.1) is 5.82 Å². The molecule has 0 fully saturated rings. The monoisotopic (exact) mass is 235 g/mol. The number of anilines is 1. The Labute approximate surface area is 98.8 Å². The maximum Gasteiger partial charge on any atom is 0.240 e. The van der Waals surface area contributed by atoms with Crippen LogP contribution in [0.3, 0.4) is 0 Å². The highest BCUT2D eigenvalue weighted by molar-refractivity contribution is 5.51. The molecule has 2 rings (SSSR count). The van der Waals surface area contributed by atoms with Gasteiger partial charge in [-0.05, 0) is 38.1 Å². The topological polar surface area (TPSA) is 53.1 Å². The number of nitrogen functional groups attached to an aromatic ring is 1. The van der Waals surface area contributed by atoms with E-state index in [1.807, 2.05) is 13.8 Å². The van der Waals surface area contributed by atoms with Crippen LogP contribution in [-0.2, 0) is 0 Å². The molecule has 0 bridgehead atoms. The fourth-order valence-corrected chi connectivity index (χ4v) is 1.46. The van der Waals surface area contributed by atoms with Gasteiger partial charge in [0.25, 0.3) is 0 Å². The zero-order chi connectivity index (χ0) is 12.4. The van der Waals surface area contributed by atoms with Gasteiger partial charge in [0.1, 0.15) is 11.5 Å². The Hall–Kier alpha value is -2.04. The predicted octanol–water partition coefficient (Wildman–Crippen LogP) is 2.38. The Balaban J connectivity index is 2.41. The number of rotatable bonds is 3. The molecule has 0 unspecified atom stereocenters. The summed E-state index contributed by atoms with van der Waals surface area (Å²) in [7, 11) is 0. The highest BCUT2D eigenvalue weighted by atomic mass is 19.1. The van der Waals surface area contributed by atoms with Crippen molar-refractivity contribution in [3.8, 4) is 11.6 Å². The largest absolute Gasteiger partial charge is 0.473 e. The summed E-state index contributed by atoms with van der Waals surface area (Å²) in [5.41, 5.74) is 6.94. The molecular formula is C12H14FN3O. The number of hydrogen-bond donors (Lipinski definition) is 1. The molecule has 0 radical (unpaired) electrons. The number of halogens is 1. The Morgan fingerprint density at radius 1 is 1.29 bits per heavy atom. The molecule has 1 heterocycles. The van der Waals surface area contributed by atoms with Crippen LogP contribution in [0.1, 0.15) is 13.8 Å². The van der Waals surface area contributed by atoms with Crippen LogP contribution in [0.25, 0.3) is 5.69 Å². The van der Waals surface area contributed by atoms with Crippen LogP contribution >= 0.6 is 0 Å². The molecular weight excluding hydrogens is 221 g/mol. The minimum atomic E-state index is -0.291. The van der Waals surface area contributed by atoms with Gasteiger partial charge in [0.15, 0.2) is 0 Å². The second-order valence-corrected chi connectivity index (χ2v) is 3.96. The highest BCUT2D eigenvalue weighted by Gasteiger charge is 2.12. The maximum absolute atomic E-state index is 12.8. The first kappa shape index (κ1) is 11.4. The van der Waals surface area contributed by atoms with Crippen LogP contribution in [0.15, 0.2) is 30.5 Å². The molecule has 17 heavy (non-hydrogen) atoms. The Kier molecular flexibility index (Phi) is 2.99. The summed E-state index contributed by atoms with van der Waals surface area (Å²) >= 11 is 0. The fraction of sp³-hybridized carbons (Fsp3) is 0.250. The van der Waals surface area contributed by atoms with E-state index in [9.17, 15) is 4.39 Å². The van der Waals surface area contributed by atoms with Crippen molar-refractivity contribution in [2.24, 2.45) is 0 Å². The second-order valence-electron chi connectivity index (χ2n) is 3.96. The average molecular weight is 235 g/mol. The zero-order valence-corrected chi connectivity index (χ0v) is 9.72. The van der Waals surface area contributed by atoms with Crippen LogP contribution in [0.5, 0.6) is 5.88 Å². The fourth-order valence-electron chi connectivity index (χ4n) is 1.46. The van der Waals surface area contributed by atoms with Gasteiger partial charge < -0.3 is 10.5 Å². The number of ether oxygens (including phenoxy) is 1. The molecule has 0 aliphatic carbocycles. The standard InChI is InChI=1S/C12H14FN3O/c1-8(2)17-12-11(14)7-15-16(12)10-5-3-9(13)4-6-10/h3-8H,14H2,1-2H3. The molecule has 0 aliphatic rings. The molecule has 2 aromatic rings. The first-order valence-electron chi connectivity index (χ1n) is 5.34. The highest BCUT2D eigenvalue weighted by Crippen LogP contribution is 2.25. The first-order valence-corrected chi connectivity index (χ1v) is 5.34. The maximum atomic E-state index is 12.8. The van der Waals surface area contributed by atoms with Gasteiger partial charge in [0, 0.05) is 0 Å². The number of nitrogens with two attached hydrogens (primary N) is 1. The lowest BCUT2D eigenvalue weighted by Gasteiger charge is -2.12. The molecule has 2 N–H and O–H groups in total. The summed E-state index contributed by atoms with van der Waals surface area (Å²) in [6.45, 7) is 3.81. The van der Waals surface area contributed by atoms with Crippen molar-refractivity contribution in [1.82, 2.24) is 9.78 Å². The Morgan fingerprint density at radius 2 is 1.94 bits per heavy atom. The third kappa shape index (κ3) is 2.38. The van der Waals surface area contributed by atoms with Gasteiger partial charge in [-0.25, -0.2) is 4.39 Å². The smallest absolute Gasteiger partial charge is 0.240 e. The third-order valence-electron chi connectivity index (χ3n) is 2.17. The van der Waals surface area contributed by atoms with E-state index in [0.29, 0.717) is 17.3 Å². The van der Waals surface area contributed by atoms with Crippen molar-refractivity contribution in [1.29, 1.82) is 0 Å². The summed E-state index contributed by atoms with van der Waals surface area (Å²) in [6.07, 6.45) is 1.51. The molecule has 90 valence electrons. The van der Waals surface area contributed by atoms with Crippen LogP contribution < -0.4 is 10.5 Å². The van der Waals surface area contributed by atoms with Crippen LogP contribution in [-0.4, -0.2) is 15.9 Å². The van der Waals surface area contributed by atoms with Crippen molar-refractivity contribution < 1.29 is 9.13 Å². The molecule has 5 heteroatoms. The van der Waals surface area contributed by atoms with Gasteiger partial charge in [-0.2, -0.15) is 9.78 Å². The summed E-state index contributed by atoms with van der Waals surface area (Å²) in [5.74, 6) is 0.187.